The molecule has 0 spiro atoms. The van der Waals surface area contributed by atoms with Crippen molar-refractivity contribution in [1.82, 2.24) is 20.1 Å². The molecular formula is C25H27F3N6O2. The van der Waals surface area contributed by atoms with Crippen molar-refractivity contribution in [1.29, 1.82) is 5.41 Å². The summed E-state index contributed by atoms with van der Waals surface area (Å²) in [5.74, 6) is 0.266. The van der Waals surface area contributed by atoms with Gasteiger partial charge in [0.2, 0.25) is 0 Å². The molecule has 0 saturated heterocycles. The summed E-state index contributed by atoms with van der Waals surface area (Å²) in [6.45, 7) is 5.06. The number of carbonyl (C=O) groups is 1. The molecule has 1 aromatic carbocycles. The molecule has 2 aromatic heterocycles. The smallest absolute Gasteiger partial charge is 0.416 e. The Morgan fingerprint density at radius 2 is 1.86 bits per heavy atom. The molecule has 190 valence electrons. The molecule has 3 N–H and O–H groups in total. The van der Waals surface area contributed by atoms with Crippen molar-refractivity contribution in [3.8, 4) is 11.1 Å². The first-order valence-corrected chi connectivity index (χ1v) is 11.4. The number of pyridine rings is 1. The Hall–Kier alpha value is -3.89. The molecule has 0 bridgehead atoms. The van der Waals surface area contributed by atoms with E-state index in [4.69, 9.17) is 10.1 Å². The van der Waals surface area contributed by atoms with Gasteiger partial charge in [0.15, 0.2) is 0 Å². The van der Waals surface area contributed by atoms with Crippen molar-refractivity contribution in [3.05, 3.63) is 60.0 Å². The lowest BCUT2D eigenvalue weighted by atomic mass is 9.99. The zero-order chi connectivity index (χ0) is 26.1. The fourth-order valence-electron chi connectivity index (χ4n) is 3.56. The summed E-state index contributed by atoms with van der Waals surface area (Å²) in [4.78, 5) is 16.5. The van der Waals surface area contributed by atoms with Crippen LogP contribution >= 0.6 is 0 Å². The molecule has 2 heterocycles. The number of amides is 1. The van der Waals surface area contributed by atoms with E-state index < -0.39 is 23.4 Å². The normalized spacial score (nSPS) is 13.8. The number of hydrogen-bond acceptors (Lipinski definition) is 6. The molecule has 0 unspecified atom stereocenters. The minimum absolute atomic E-state index is 0.0394. The molecule has 1 amide bonds. The lowest BCUT2D eigenvalue weighted by Crippen LogP contribution is -2.35. The molecule has 3 aromatic rings. The average molecular weight is 501 g/mol. The van der Waals surface area contributed by atoms with Crippen LogP contribution in [0.5, 0.6) is 0 Å². The Morgan fingerprint density at radius 1 is 1.17 bits per heavy atom. The topological polar surface area (TPSA) is 105 Å². The summed E-state index contributed by atoms with van der Waals surface area (Å²) in [6.07, 6.45) is 2.14. The van der Waals surface area contributed by atoms with Crippen LogP contribution in [0.3, 0.4) is 0 Å². The fourth-order valence-corrected chi connectivity index (χ4v) is 3.56. The predicted molar refractivity (Wildman–Crippen MR) is 130 cm³/mol. The SMILES string of the molecule is CC(C)(C)OC(=O)NCC(=N)c1c(-c2cnn(C3CC3)c2)ccnc1Nc1ccc(C(F)(F)F)cc1. The Bertz CT molecular complexity index is 1260. The first kappa shape index (κ1) is 25.2. The van der Waals surface area contributed by atoms with Gasteiger partial charge >= 0.3 is 12.3 Å². The van der Waals surface area contributed by atoms with E-state index in [0.717, 1.165) is 30.5 Å². The van der Waals surface area contributed by atoms with Gasteiger partial charge in [-0.05, 0) is 69.5 Å². The molecule has 11 heteroatoms. The molecule has 1 aliphatic rings. The van der Waals surface area contributed by atoms with Gasteiger partial charge in [-0.25, -0.2) is 9.78 Å². The van der Waals surface area contributed by atoms with Crippen LogP contribution in [0.4, 0.5) is 29.5 Å². The van der Waals surface area contributed by atoms with Crippen molar-refractivity contribution in [2.24, 2.45) is 0 Å². The zero-order valence-corrected chi connectivity index (χ0v) is 20.1. The number of benzene rings is 1. The maximum Gasteiger partial charge on any atom is 0.416 e. The monoisotopic (exact) mass is 500 g/mol. The number of aromatic nitrogens is 3. The highest BCUT2D eigenvalue weighted by Crippen LogP contribution is 2.37. The van der Waals surface area contributed by atoms with E-state index in [1.807, 2.05) is 10.9 Å². The van der Waals surface area contributed by atoms with E-state index in [0.29, 0.717) is 22.9 Å². The molecule has 1 aliphatic carbocycles. The highest BCUT2D eigenvalue weighted by atomic mass is 19.4. The summed E-state index contributed by atoms with van der Waals surface area (Å²) < 4.78 is 46.0. The Morgan fingerprint density at radius 3 is 2.47 bits per heavy atom. The fraction of sp³-hybridized carbons (Fsp3) is 0.360. The Labute approximate surface area is 206 Å². The molecule has 8 nitrogen and oxygen atoms in total. The van der Waals surface area contributed by atoms with Crippen LogP contribution < -0.4 is 10.6 Å². The van der Waals surface area contributed by atoms with Crippen LogP contribution in [-0.2, 0) is 10.9 Å². The first-order valence-electron chi connectivity index (χ1n) is 11.4. The minimum Gasteiger partial charge on any atom is -0.444 e. The maximum absolute atomic E-state index is 13.0. The van der Waals surface area contributed by atoms with Gasteiger partial charge in [0.05, 0.1) is 30.1 Å². The van der Waals surface area contributed by atoms with Crippen LogP contribution in [0.2, 0.25) is 0 Å². The lowest BCUT2D eigenvalue weighted by molar-refractivity contribution is -0.137. The van der Waals surface area contributed by atoms with E-state index in [2.05, 4.69) is 20.7 Å². The van der Waals surface area contributed by atoms with E-state index in [-0.39, 0.29) is 18.1 Å². The second-order valence-corrected chi connectivity index (χ2v) is 9.56. The number of anilines is 2. The van der Waals surface area contributed by atoms with E-state index in [1.165, 1.54) is 12.1 Å². The Kier molecular flexibility index (Phi) is 6.75. The summed E-state index contributed by atoms with van der Waals surface area (Å²) in [6, 6.07) is 6.65. The maximum atomic E-state index is 13.0. The number of nitrogens with one attached hydrogen (secondary N) is 3. The Balaban J connectivity index is 1.64. The highest BCUT2D eigenvalue weighted by molar-refractivity contribution is 6.10. The third kappa shape index (κ3) is 6.21. The van der Waals surface area contributed by atoms with Gasteiger partial charge in [-0.3, -0.25) is 4.68 Å². The van der Waals surface area contributed by atoms with E-state index in [1.54, 1.807) is 39.2 Å². The number of alkyl carbamates (subject to hydrolysis) is 1. The number of ether oxygens (including phenoxy) is 1. The summed E-state index contributed by atoms with van der Waals surface area (Å²) in [5.41, 5.74) is 0.756. The van der Waals surface area contributed by atoms with Crippen molar-refractivity contribution in [2.75, 3.05) is 11.9 Å². The number of carbonyl (C=O) groups excluding carboxylic acids is 1. The third-order valence-electron chi connectivity index (χ3n) is 5.37. The molecular weight excluding hydrogens is 473 g/mol. The average Bonchev–Trinajstić information content (AvgIpc) is 3.52. The van der Waals surface area contributed by atoms with Gasteiger partial charge < -0.3 is 20.8 Å². The van der Waals surface area contributed by atoms with Gasteiger partial charge in [-0.1, -0.05) is 0 Å². The second kappa shape index (κ2) is 9.63. The number of nitrogens with zero attached hydrogens (tertiary/aromatic N) is 3. The van der Waals surface area contributed by atoms with Crippen LogP contribution in [0, 0.1) is 5.41 Å². The molecule has 36 heavy (non-hydrogen) atoms. The number of alkyl halides is 3. The van der Waals surface area contributed by atoms with Crippen molar-refractivity contribution in [2.45, 2.75) is 51.4 Å². The molecule has 4 rings (SSSR count). The van der Waals surface area contributed by atoms with Gasteiger partial charge in [0.1, 0.15) is 11.4 Å². The van der Waals surface area contributed by atoms with Crippen LogP contribution in [-0.4, -0.2) is 38.7 Å². The number of hydrogen-bond donors (Lipinski definition) is 3. The van der Waals surface area contributed by atoms with E-state index in [9.17, 15) is 18.0 Å². The highest BCUT2D eigenvalue weighted by Gasteiger charge is 2.30. The predicted octanol–water partition coefficient (Wildman–Crippen LogP) is 5.93. The van der Waals surface area contributed by atoms with E-state index >= 15 is 0 Å². The largest absolute Gasteiger partial charge is 0.444 e. The third-order valence-corrected chi connectivity index (χ3v) is 5.37. The van der Waals surface area contributed by atoms with Crippen molar-refractivity contribution in [3.63, 3.8) is 0 Å². The van der Waals surface area contributed by atoms with Crippen LogP contribution in [0.1, 0.15) is 50.8 Å². The van der Waals surface area contributed by atoms with Gasteiger partial charge in [0.25, 0.3) is 0 Å². The van der Waals surface area contributed by atoms with Gasteiger partial charge in [-0.2, -0.15) is 18.3 Å². The molecule has 0 aliphatic heterocycles. The van der Waals surface area contributed by atoms with Gasteiger partial charge in [0, 0.05) is 29.2 Å². The molecule has 0 radical (unpaired) electrons. The summed E-state index contributed by atoms with van der Waals surface area (Å²) in [5, 5.41) is 18.8. The van der Waals surface area contributed by atoms with Gasteiger partial charge in [-0.15, -0.1) is 0 Å². The summed E-state index contributed by atoms with van der Waals surface area (Å²) >= 11 is 0. The van der Waals surface area contributed by atoms with Crippen LogP contribution in [0.25, 0.3) is 11.1 Å². The second-order valence-electron chi connectivity index (χ2n) is 9.56. The lowest BCUT2D eigenvalue weighted by Gasteiger charge is -2.20. The molecule has 1 saturated carbocycles. The minimum atomic E-state index is -4.45. The molecule has 1 fully saturated rings. The van der Waals surface area contributed by atoms with Crippen LogP contribution in [0.15, 0.2) is 48.9 Å². The first-order chi connectivity index (χ1) is 16.9. The van der Waals surface area contributed by atoms with Crippen molar-refractivity contribution >= 4 is 23.3 Å². The van der Waals surface area contributed by atoms with Crippen molar-refractivity contribution < 1.29 is 22.7 Å². The molecule has 0 atom stereocenters. The zero-order valence-electron chi connectivity index (χ0n) is 20.1. The quantitative estimate of drug-likeness (QED) is 0.349. The number of rotatable bonds is 7. The number of halogens is 3. The standard InChI is InChI=1S/C25H27F3N6O2/c1-24(2,3)36-23(35)31-13-20(29)21-19(15-12-32-34(14-15)18-8-9-18)10-11-30-22(21)33-17-6-4-16(5-7-17)25(26,27)28/h4-7,10-12,14,18,29H,8-9,13H2,1-3H3,(H,30,33)(H,31,35). The summed E-state index contributed by atoms with van der Waals surface area (Å²) in [7, 11) is 0.